The molecule has 0 heterocycles. The van der Waals surface area contributed by atoms with E-state index in [1.165, 1.54) is 19.2 Å². The zero-order chi connectivity index (χ0) is 15.7. The summed E-state index contributed by atoms with van der Waals surface area (Å²) in [6.07, 6.45) is 2.47. The molecule has 0 amide bonds. The maximum atomic E-state index is 12.3. The van der Waals surface area contributed by atoms with Gasteiger partial charge in [-0.2, -0.15) is 0 Å². The molecule has 1 aromatic rings. The molecule has 0 saturated heterocycles. The summed E-state index contributed by atoms with van der Waals surface area (Å²) >= 11 is 0. The molecule has 0 spiro atoms. The van der Waals surface area contributed by atoms with Crippen molar-refractivity contribution in [2.24, 2.45) is 5.73 Å². The van der Waals surface area contributed by atoms with Crippen molar-refractivity contribution < 1.29 is 18.1 Å². The number of sulfonamides is 1. The first-order valence-electron chi connectivity index (χ1n) is 6.38. The minimum atomic E-state index is -3.93. The SMILES string of the molecule is COc1ccc([N+](=O)[O-])cc1S(=O)(=O)NCC1(N)CCC1.Cl. The third-order valence-electron chi connectivity index (χ3n) is 3.61. The van der Waals surface area contributed by atoms with Gasteiger partial charge in [0.05, 0.1) is 12.0 Å². The number of nitrogens with zero attached hydrogens (tertiary/aromatic N) is 1. The maximum absolute atomic E-state index is 12.3. The van der Waals surface area contributed by atoms with E-state index in [-0.39, 0.29) is 35.3 Å². The molecule has 0 bridgehead atoms. The smallest absolute Gasteiger partial charge is 0.271 e. The summed E-state index contributed by atoms with van der Waals surface area (Å²) in [4.78, 5) is 9.86. The van der Waals surface area contributed by atoms with Gasteiger partial charge < -0.3 is 10.5 Å². The van der Waals surface area contributed by atoms with Crippen LogP contribution in [0, 0.1) is 10.1 Å². The second-order valence-electron chi connectivity index (χ2n) is 5.13. The molecule has 0 aliphatic heterocycles. The van der Waals surface area contributed by atoms with Gasteiger partial charge in [0, 0.05) is 24.2 Å². The van der Waals surface area contributed by atoms with Crippen molar-refractivity contribution >= 4 is 28.1 Å². The van der Waals surface area contributed by atoms with Crippen LogP contribution in [0.25, 0.3) is 0 Å². The minimum absolute atomic E-state index is 0. The molecule has 1 saturated carbocycles. The summed E-state index contributed by atoms with van der Waals surface area (Å²) in [5.41, 5.74) is 5.13. The van der Waals surface area contributed by atoms with Crippen molar-refractivity contribution in [2.75, 3.05) is 13.7 Å². The number of methoxy groups -OCH3 is 1. The predicted octanol–water partition coefficient (Wildman–Crippen LogP) is 1.18. The van der Waals surface area contributed by atoms with E-state index in [0.29, 0.717) is 0 Å². The van der Waals surface area contributed by atoms with Crippen LogP contribution in [-0.2, 0) is 10.0 Å². The number of rotatable bonds is 6. The fraction of sp³-hybridized carbons (Fsp3) is 0.500. The topological polar surface area (TPSA) is 125 Å². The quantitative estimate of drug-likeness (QED) is 0.585. The Hall–Kier alpha value is -1.42. The number of benzene rings is 1. The second kappa shape index (κ2) is 6.78. The van der Waals surface area contributed by atoms with Gasteiger partial charge in [-0.05, 0) is 25.3 Å². The summed E-state index contributed by atoms with van der Waals surface area (Å²) in [5.74, 6) is 0.0489. The zero-order valence-corrected chi connectivity index (χ0v) is 13.6. The number of non-ortho nitro benzene ring substituents is 1. The molecule has 2 rings (SSSR count). The van der Waals surface area contributed by atoms with Gasteiger partial charge in [0.15, 0.2) is 0 Å². The lowest BCUT2D eigenvalue weighted by Gasteiger charge is -2.38. The first-order chi connectivity index (χ1) is 9.77. The summed E-state index contributed by atoms with van der Waals surface area (Å²) < 4.78 is 32.0. The molecular weight excluding hydrogens is 334 g/mol. The first kappa shape index (κ1) is 18.6. The van der Waals surface area contributed by atoms with E-state index in [2.05, 4.69) is 4.72 Å². The number of hydrogen-bond acceptors (Lipinski definition) is 6. The Morgan fingerprint density at radius 2 is 2.09 bits per heavy atom. The summed E-state index contributed by atoms with van der Waals surface area (Å²) in [7, 11) is -2.63. The molecule has 0 aromatic heterocycles. The first-order valence-corrected chi connectivity index (χ1v) is 7.87. The van der Waals surface area contributed by atoms with E-state index in [4.69, 9.17) is 10.5 Å². The number of nitro benzene ring substituents is 1. The van der Waals surface area contributed by atoms with Crippen molar-refractivity contribution in [1.82, 2.24) is 4.72 Å². The van der Waals surface area contributed by atoms with Crippen molar-refractivity contribution in [2.45, 2.75) is 29.7 Å². The van der Waals surface area contributed by atoms with E-state index >= 15 is 0 Å². The third-order valence-corrected chi connectivity index (χ3v) is 5.03. The molecule has 3 N–H and O–H groups in total. The Labute approximate surface area is 134 Å². The Kier molecular flexibility index (Phi) is 5.74. The highest BCUT2D eigenvalue weighted by molar-refractivity contribution is 7.89. The van der Waals surface area contributed by atoms with Crippen LogP contribution in [0.1, 0.15) is 19.3 Å². The van der Waals surface area contributed by atoms with Crippen LogP contribution >= 0.6 is 12.4 Å². The Bertz CT molecular complexity index is 661. The standard InChI is InChI=1S/C12H17N3O5S.ClH/c1-20-10-4-3-9(15(16)17)7-11(10)21(18,19)14-8-12(13)5-2-6-12;/h3-4,7,14H,2,5-6,8,13H2,1H3;1H. The molecule has 1 fully saturated rings. The second-order valence-corrected chi connectivity index (χ2v) is 6.87. The number of nitrogens with two attached hydrogens (primary N) is 1. The fourth-order valence-corrected chi connectivity index (χ4v) is 3.44. The number of nitro groups is 1. The van der Waals surface area contributed by atoms with Crippen molar-refractivity contribution in [3.8, 4) is 5.75 Å². The highest BCUT2D eigenvalue weighted by atomic mass is 35.5. The Balaban J connectivity index is 0.00000242. The summed E-state index contributed by atoms with van der Waals surface area (Å²) in [6.45, 7) is 0.0984. The van der Waals surface area contributed by atoms with Crippen LogP contribution < -0.4 is 15.2 Å². The van der Waals surface area contributed by atoms with Gasteiger partial charge >= 0.3 is 0 Å². The highest BCUT2D eigenvalue weighted by Gasteiger charge is 2.34. The van der Waals surface area contributed by atoms with Crippen LogP contribution in [0.4, 0.5) is 5.69 Å². The molecule has 0 radical (unpaired) electrons. The fourth-order valence-electron chi connectivity index (χ4n) is 2.11. The average molecular weight is 352 g/mol. The van der Waals surface area contributed by atoms with E-state index in [9.17, 15) is 18.5 Å². The third kappa shape index (κ3) is 3.86. The predicted molar refractivity (Wildman–Crippen MR) is 82.9 cm³/mol. The van der Waals surface area contributed by atoms with E-state index in [0.717, 1.165) is 25.3 Å². The van der Waals surface area contributed by atoms with Gasteiger partial charge in [0.25, 0.3) is 5.69 Å². The summed E-state index contributed by atoms with van der Waals surface area (Å²) in [6, 6.07) is 3.42. The molecule has 1 aromatic carbocycles. The van der Waals surface area contributed by atoms with Crippen LogP contribution in [0.2, 0.25) is 0 Å². The molecule has 0 unspecified atom stereocenters. The summed E-state index contributed by atoms with van der Waals surface area (Å²) in [5, 5.41) is 10.8. The van der Waals surface area contributed by atoms with Crippen molar-refractivity contribution in [3.05, 3.63) is 28.3 Å². The van der Waals surface area contributed by atoms with Gasteiger partial charge in [-0.25, -0.2) is 13.1 Å². The Morgan fingerprint density at radius 3 is 2.55 bits per heavy atom. The normalized spacial score (nSPS) is 16.3. The molecular formula is C12H18ClN3O5S. The van der Waals surface area contributed by atoms with Crippen molar-refractivity contribution in [1.29, 1.82) is 0 Å². The van der Waals surface area contributed by atoms with E-state index in [1.807, 2.05) is 0 Å². The van der Waals surface area contributed by atoms with E-state index < -0.39 is 20.5 Å². The minimum Gasteiger partial charge on any atom is -0.495 e. The molecule has 1 aliphatic rings. The zero-order valence-electron chi connectivity index (χ0n) is 11.9. The maximum Gasteiger partial charge on any atom is 0.271 e. The molecule has 22 heavy (non-hydrogen) atoms. The largest absolute Gasteiger partial charge is 0.495 e. The monoisotopic (exact) mass is 351 g/mol. The number of hydrogen-bond donors (Lipinski definition) is 2. The lowest BCUT2D eigenvalue weighted by molar-refractivity contribution is -0.385. The van der Waals surface area contributed by atoms with Crippen LogP contribution in [0.15, 0.2) is 23.1 Å². The lowest BCUT2D eigenvalue weighted by Crippen LogP contribution is -2.54. The highest BCUT2D eigenvalue weighted by Crippen LogP contribution is 2.31. The Morgan fingerprint density at radius 1 is 1.45 bits per heavy atom. The van der Waals surface area contributed by atoms with E-state index in [1.54, 1.807) is 0 Å². The van der Waals surface area contributed by atoms with Gasteiger partial charge in [0.1, 0.15) is 10.6 Å². The number of ether oxygens (including phenoxy) is 1. The van der Waals surface area contributed by atoms with Crippen LogP contribution in [0.3, 0.4) is 0 Å². The number of halogens is 1. The van der Waals surface area contributed by atoms with Crippen molar-refractivity contribution in [3.63, 3.8) is 0 Å². The molecule has 0 atom stereocenters. The van der Waals surface area contributed by atoms with Gasteiger partial charge in [-0.1, -0.05) is 0 Å². The molecule has 124 valence electrons. The van der Waals surface area contributed by atoms with Crippen LogP contribution in [0.5, 0.6) is 5.75 Å². The molecule has 1 aliphatic carbocycles. The van der Waals surface area contributed by atoms with Gasteiger partial charge in [0.2, 0.25) is 10.0 Å². The molecule has 8 nitrogen and oxygen atoms in total. The average Bonchev–Trinajstić information content (AvgIpc) is 2.42. The molecule has 10 heteroatoms. The lowest BCUT2D eigenvalue weighted by atomic mass is 9.78. The van der Waals surface area contributed by atoms with Gasteiger partial charge in [-0.15, -0.1) is 12.4 Å². The van der Waals surface area contributed by atoms with Gasteiger partial charge in [-0.3, -0.25) is 10.1 Å². The number of nitrogens with one attached hydrogen (secondary N) is 1. The van der Waals surface area contributed by atoms with Crippen LogP contribution in [-0.4, -0.2) is 32.5 Å².